The Morgan fingerprint density at radius 1 is 1.14 bits per heavy atom. The van der Waals surface area contributed by atoms with Crippen molar-refractivity contribution in [3.63, 3.8) is 0 Å². The van der Waals surface area contributed by atoms with Crippen molar-refractivity contribution >= 4 is 11.6 Å². The van der Waals surface area contributed by atoms with Gasteiger partial charge in [0.05, 0.1) is 19.0 Å². The van der Waals surface area contributed by atoms with Crippen LogP contribution in [-0.2, 0) is 4.79 Å². The standard InChI is InChI=1S/C21H22N4O3/c1-13-5-10-18(14(2)11-13)23-20(26)15(3)25-21(27)24-19(12-22-25)16-6-8-17(28-4)9-7-16/h5-12,15H,1-4H3,(H,23,26)/t15-/m0/s1. The zero-order chi connectivity index (χ0) is 20.3. The highest BCUT2D eigenvalue weighted by molar-refractivity contribution is 5.94. The van der Waals surface area contributed by atoms with Gasteiger partial charge in [-0.2, -0.15) is 10.1 Å². The molecule has 7 heteroatoms. The van der Waals surface area contributed by atoms with Crippen molar-refractivity contribution in [2.24, 2.45) is 0 Å². The molecule has 1 N–H and O–H groups in total. The highest BCUT2D eigenvalue weighted by atomic mass is 16.5. The van der Waals surface area contributed by atoms with Gasteiger partial charge in [0.2, 0.25) is 5.91 Å². The molecule has 0 fully saturated rings. The predicted octanol–water partition coefficient (Wildman–Crippen LogP) is 3.13. The van der Waals surface area contributed by atoms with E-state index in [9.17, 15) is 9.59 Å². The average Bonchev–Trinajstić information content (AvgIpc) is 2.69. The minimum absolute atomic E-state index is 0.333. The molecule has 0 bridgehead atoms. The second kappa shape index (κ2) is 8.04. The van der Waals surface area contributed by atoms with E-state index in [-0.39, 0.29) is 5.91 Å². The maximum Gasteiger partial charge on any atom is 0.365 e. The number of benzene rings is 2. The lowest BCUT2D eigenvalue weighted by atomic mass is 10.1. The first-order chi connectivity index (χ1) is 13.4. The van der Waals surface area contributed by atoms with E-state index < -0.39 is 11.7 Å². The minimum atomic E-state index is -0.800. The van der Waals surface area contributed by atoms with E-state index >= 15 is 0 Å². The third-order valence-electron chi connectivity index (χ3n) is 4.49. The highest BCUT2D eigenvalue weighted by Crippen LogP contribution is 2.20. The topological polar surface area (TPSA) is 86.1 Å². The molecule has 28 heavy (non-hydrogen) atoms. The summed E-state index contributed by atoms with van der Waals surface area (Å²) < 4.78 is 6.20. The van der Waals surface area contributed by atoms with Crippen molar-refractivity contribution in [2.75, 3.05) is 12.4 Å². The molecule has 0 saturated carbocycles. The van der Waals surface area contributed by atoms with Crippen LogP contribution in [0.5, 0.6) is 5.75 Å². The number of amides is 1. The van der Waals surface area contributed by atoms with Gasteiger partial charge in [0.15, 0.2) is 0 Å². The number of aromatic nitrogens is 3. The van der Waals surface area contributed by atoms with E-state index in [1.807, 2.05) is 32.0 Å². The molecule has 0 spiro atoms. The molecular weight excluding hydrogens is 356 g/mol. The molecule has 0 radical (unpaired) electrons. The van der Waals surface area contributed by atoms with Crippen LogP contribution >= 0.6 is 0 Å². The van der Waals surface area contributed by atoms with Crippen molar-refractivity contribution in [1.29, 1.82) is 0 Å². The molecule has 1 aromatic heterocycles. The second-order valence-corrected chi connectivity index (χ2v) is 6.58. The van der Waals surface area contributed by atoms with Gasteiger partial charge in [-0.05, 0) is 56.7 Å². The van der Waals surface area contributed by atoms with Crippen LogP contribution in [0, 0.1) is 13.8 Å². The minimum Gasteiger partial charge on any atom is -0.497 e. The zero-order valence-electron chi connectivity index (χ0n) is 16.3. The van der Waals surface area contributed by atoms with Crippen LogP contribution in [0.3, 0.4) is 0 Å². The van der Waals surface area contributed by atoms with Gasteiger partial charge in [0.25, 0.3) is 0 Å². The number of nitrogens with one attached hydrogen (secondary N) is 1. The monoisotopic (exact) mass is 378 g/mol. The number of methoxy groups -OCH3 is 1. The maximum atomic E-state index is 12.6. The van der Waals surface area contributed by atoms with Crippen molar-refractivity contribution in [3.05, 3.63) is 70.3 Å². The third kappa shape index (κ3) is 4.09. The Hall–Kier alpha value is -3.48. The molecule has 0 aliphatic heterocycles. The summed E-state index contributed by atoms with van der Waals surface area (Å²) in [5.74, 6) is 0.377. The number of ether oxygens (including phenoxy) is 1. The molecule has 2 aromatic carbocycles. The summed E-state index contributed by atoms with van der Waals surface area (Å²) in [6.45, 7) is 5.52. The summed E-state index contributed by atoms with van der Waals surface area (Å²) in [6, 6.07) is 12.1. The molecular formula is C21H22N4O3. The Morgan fingerprint density at radius 3 is 2.46 bits per heavy atom. The van der Waals surface area contributed by atoms with Crippen molar-refractivity contribution in [1.82, 2.24) is 14.8 Å². The Morgan fingerprint density at radius 2 is 1.86 bits per heavy atom. The SMILES string of the molecule is COc1ccc(-c2cnn([C@@H](C)C(=O)Nc3ccc(C)cc3C)c(=O)n2)cc1. The second-order valence-electron chi connectivity index (χ2n) is 6.58. The zero-order valence-corrected chi connectivity index (χ0v) is 16.3. The van der Waals surface area contributed by atoms with Crippen molar-refractivity contribution in [2.45, 2.75) is 26.8 Å². The van der Waals surface area contributed by atoms with Crippen molar-refractivity contribution in [3.8, 4) is 17.0 Å². The van der Waals surface area contributed by atoms with Crippen molar-refractivity contribution < 1.29 is 9.53 Å². The van der Waals surface area contributed by atoms with Crippen LogP contribution in [-0.4, -0.2) is 27.8 Å². The van der Waals surface area contributed by atoms with Gasteiger partial charge in [-0.3, -0.25) is 4.79 Å². The summed E-state index contributed by atoms with van der Waals surface area (Å²) in [4.78, 5) is 29.1. The highest BCUT2D eigenvalue weighted by Gasteiger charge is 2.19. The lowest BCUT2D eigenvalue weighted by molar-refractivity contribution is -0.119. The maximum absolute atomic E-state index is 12.6. The normalized spacial score (nSPS) is 11.7. The van der Waals surface area contributed by atoms with E-state index in [0.29, 0.717) is 17.1 Å². The Balaban J connectivity index is 1.80. The van der Waals surface area contributed by atoms with E-state index in [1.54, 1.807) is 38.3 Å². The molecule has 3 aromatic rings. The van der Waals surface area contributed by atoms with E-state index in [0.717, 1.165) is 21.4 Å². The van der Waals surface area contributed by atoms with Gasteiger partial charge in [0, 0.05) is 11.3 Å². The molecule has 1 atom stereocenters. The lowest BCUT2D eigenvalue weighted by Crippen LogP contribution is -2.35. The van der Waals surface area contributed by atoms with Gasteiger partial charge in [0.1, 0.15) is 11.8 Å². The fourth-order valence-corrected chi connectivity index (χ4v) is 2.82. The molecule has 0 unspecified atom stereocenters. The Bertz CT molecular complexity index is 1060. The molecule has 1 heterocycles. The van der Waals surface area contributed by atoms with Crippen LogP contribution in [0.4, 0.5) is 5.69 Å². The summed E-state index contributed by atoms with van der Waals surface area (Å²) in [5, 5.41) is 6.99. The summed E-state index contributed by atoms with van der Waals surface area (Å²) in [6.07, 6.45) is 1.48. The van der Waals surface area contributed by atoms with Crippen LogP contribution in [0.25, 0.3) is 11.3 Å². The molecule has 1 amide bonds. The summed E-state index contributed by atoms with van der Waals surface area (Å²) in [7, 11) is 1.58. The van der Waals surface area contributed by atoms with Gasteiger partial charge in [-0.15, -0.1) is 0 Å². The molecule has 3 rings (SSSR count). The predicted molar refractivity (Wildman–Crippen MR) is 108 cm³/mol. The first-order valence-corrected chi connectivity index (χ1v) is 8.87. The van der Waals surface area contributed by atoms with Crippen LogP contribution in [0.15, 0.2) is 53.5 Å². The number of aryl methyl sites for hydroxylation is 2. The van der Waals surface area contributed by atoms with Gasteiger partial charge in [-0.25, -0.2) is 9.48 Å². The van der Waals surface area contributed by atoms with E-state index in [1.165, 1.54) is 6.20 Å². The Labute approximate surface area is 163 Å². The molecule has 0 aliphatic rings. The number of hydrogen-bond donors (Lipinski definition) is 1. The number of nitrogens with zero attached hydrogens (tertiary/aromatic N) is 3. The number of rotatable bonds is 5. The van der Waals surface area contributed by atoms with Crippen LogP contribution < -0.4 is 15.7 Å². The lowest BCUT2D eigenvalue weighted by Gasteiger charge is -2.15. The Kier molecular flexibility index (Phi) is 5.54. The first kappa shape index (κ1) is 19.3. The van der Waals surface area contributed by atoms with E-state index in [4.69, 9.17) is 4.74 Å². The number of hydrogen-bond acceptors (Lipinski definition) is 5. The number of anilines is 1. The number of carbonyl (C=O) groups is 1. The molecule has 7 nitrogen and oxygen atoms in total. The van der Waals surface area contributed by atoms with Gasteiger partial charge >= 0.3 is 5.69 Å². The molecule has 0 saturated heterocycles. The fourth-order valence-electron chi connectivity index (χ4n) is 2.82. The average molecular weight is 378 g/mol. The van der Waals surface area contributed by atoms with Gasteiger partial charge in [-0.1, -0.05) is 17.7 Å². The molecule has 144 valence electrons. The summed E-state index contributed by atoms with van der Waals surface area (Å²) >= 11 is 0. The summed E-state index contributed by atoms with van der Waals surface area (Å²) in [5.41, 5.74) is 3.36. The largest absolute Gasteiger partial charge is 0.497 e. The van der Waals surface area contributed by atoms with E-state index in [2.05, 4.69) is 15.4 Å². The first-order valence-electron chi connectivity index (χ1n) is 8.87. The molecule has 0 aliphatic carbocycles. The smallest absolute Gasteiger partial charge is 0.365 e. The van der Waals surface area contributed by atoms with Gasteiger partial charge < -0.3 is 10.1 Å². The number of carbonyl (C=O) groups excluding carboxylic acids is 1. The van der Waals surface area contributed by atoms with Crippen LogP contribution in [0.1, 0.15) is 24.1 Å². The fraction of sp³-hybridized carbons (Fsp3) is 0.238. The quantitative estimate of drug-likeness (QED) is 0.737. The third-order valence-corrected chi connectivity index (χ3v) is 4.49. The van der Waals surface area contributed by atoms with Crippen LogP contribution in [0.2, 0.25) is 0 Å².